The molecule has 1 aromatic carbocycles. The van der Waals surface area contributed by atoms with Gasteiger partial charge in [-0.15, -0.1) is 0 Å². The van der Waals surface area contributed by atoms with Crippen LogP contribution in [0.4, 0.5) is 0 Å². The largest absolute Gasteiger partial charge is 0.463 e. The van der Waals surface area contributed by atoms with Crippen LogP contribution < -0.4 is 4.74 Å². The van der Waals surface area contributed by atoms with Crippen LogP contribution in [0.25, 0.3) is 5.57 Å². The van der Waals surface area contributed by atoms with Crippen molar-refractivity contribution in [3.63, 3.8) is 0 Å². The number of hydrogen-bond acceptors (Lipinski definition) is 2. The predicted molar refractivity (Wildman–Crippen MR) is 62.9 cm³/mol. The van der Waals surface area contributed by atoms with Crippen LogP contribution in [-0.4, -0.2) is 12.9 Å². The van der Waals surface area contributed by atoms with Gasteiger partial charge in [-0.2, -0.15) is 0 Å². The van der Waals surface area contributed by atoms with Crippen molar-refractivity contribution in [3.8, 4) is 5.75 Å². The van der Waals surface area contributed by atoms with Crippen molar-refractivity contribution >= 4 is 5.57 Å². The molecule has 0 amide bonds. The zero-order chi connectivity index (χ0) is 11.5. The third-order valence-corrected chi connectivity index (χ3v) is 2.20. The Labute approximate surface area is 91.5 Å². The summed E-state index contributed by atoms with van der Waals surface area (Å²) in [7, 11) is 1.63. The minimum atomic E-state index is -0.593. The van der Waals surface area contributed by atoms with Gasteiger partial charge in [0.15, 0.2) is 0 Å². The lowest BCUT2D eigenvalue weighted by atomic mass is 10.1. The minimum absolute atomic E-state index is 0.593. The second kappa shape index (κ2) is 4.49. The lowest BCUT2D eigenvalue weighted by molar-refractivity contribution is -0.134. The predicted octanol–water partition coefficient (Wildman–Crippen LogP) is 3.48. The average Bonchev–Trinajstić information content (AvgIpc) is 2.18. The van der Waals surface area contributed by atoms with E-state index in [1.807, 2.05) is 45.0 Å². The van der Waals surface area contributed by atoms with E-state index < -0.39 is 5.79 Å². The van der Waals surface area contributed by atoms with Crippen LogP contribution in [0.15, 0.2) is 30.8 Å². The lowest BCUT2D eigenvalue weighted by Crippen LogP contribution is -2.30. The highest BCUT2D eigenvalue weighted by Crippen LogP contribution is 2.21. The molecule has 0 aliphatic rings. The van der Waals surface area contributed by atoms with E-state index in [0.717, 1.165) is 16.9 Å². The average molecular weight is 206 g/mol. The smallest absolute Gasteiger partial charge is 0.204 e. The van der Waals surface area contributed by atoms with Crippen molar-refractivity contribution in [1.29, 1.82) is 0 Å². The van der Waals surface area contributed by atoms with Crippen LogP contribution in [0.5, 0.6) is 5.75 Å². The molecule has 0 heterocycles. The Morgan fingerprint density at radius 1 is 1.20 bits per heavy atom. The molecule has 0 N–H and O–H groups in total. The SMILES string of the molecule is C=C(C)c1ccc(OC(C)(C)OC)cc1. The number of methoxy groups -OCH3 is 1. The van der Waals surface area contributed by atoms with Crippen molar-refractivity contribution in [2.75, 3.05) is 7.11 Å². The van der Waals surface area contributed by atoms with E-state index in [1.54, 1.807) is 7.11 Å². The first-order valence-corrected chi connectivity index (χ1v) is 4.95. The van der Waals surface area contributed by atoms with E-state index in [0.29, 0.717) is 0 Å². The maximum Gasteiger partial charge on any atom is 0.204 e. The van der Waals surface area contributed by atoms with Crippen LogP contribution in [0.3, 0.4) is 0 Å². The highest BCUT2D eigenvalue weighted by atomic mass is 16.7. The first-order valence-electron chi connectivity index (χ1n) is 4.95. The Kier molecular flexibility index (Phi) is 3.53. The van der Waals surface area contributed by atoms with Crippen LogP contribution in [0.1, 0.15) is 26.3 Å². The number of benzene rings is 1. The van der Waals surface area contributed by atoms with E-state index >= 15 is 0 Å². The summed E-state index contributed by atoms with van der Waals surface area (Å²) in [6, 6.07) is 7.82. The summed E-state index contributed by atoms with van der Waals surface area (Å²) >= 11 is 0. The topological polar surface area (TPSA) is 18.5 Å². The van der Waals surface area contributed by atoms with Gasteiger partial charge in [0.05, 0.1) is 0 Å². The van der Waals surface area contributed by atoms with Gasteiger partial charge in [0.25, 0.3) is 0 Å². The van der Waals surface area contributed by atoms with Gasteiger partial charge in [-0.1, -0.05) is 24.3 Å². The molecule has 0 aliphatic carbocycles. The molecule has 0 unspecified atom stereocenters. The summed E-state index contributed by atoms with van der Waals surface area (Å²) in [5.74, 6) is 0.205. The zero-order valence-corrected chi connectivity index (χ0v) is 9.83. The first-order chi connectivity index (χ1) is 6.94. The summed E-state index contributed by atoms with van der Waals surface area (Å²) in [4.78, 5) is 0. The van der Waals surface area contributed by atoms with E-state index in [1.165, 1.54) is 0 Å². The number of allylic oxidation sites excluding steroid dienone is 1. The standard InChI is InChI=1S/C13H18O2/c1-10(2)11-6-8-12(9-7-11)15-13(3,4)14-5/h6-9H,1H2,2-5H3. The van der Waals surface area contributed by atoms with Crippen molar-refractivity contribution in [2.45, 2.75) is 26.6 Å². The summed E-state index contributed by atoms with van der Waals surface area (Å²) < 4.78 is 10.8. The van der Waals surface area contributed by atoms with Gasteiger partial charge < -0.3 is 9.47 Å². The molecule has 0 radical (unpaired) electrons. The highest BCUT2D eigenvalue weighted by molar-refractivity contribution is 5.61. The fraction of sp³-hybridized carbons (Fsp3) is 0.385. The van der Waals surface area contributed by atoms with Gasteiger partial charge in [0.1, 0.15) is 5.75 Å². The molecule has 0 saturated carbocycles. The van der Waals surface area contributed by atoms with E-state index in [2.05, 4.69) is 6.58 Å². The quantitative estimate of drug-likeness (QED) is 0.702. The lowest BCUT2D eigenvalue weighted by Gasteiger charge is -2.24. The van der Waals surface area contributed by atoms with Crippen molar-refractivity contribution < 1.29 is 9.47 Å². The normalized spacial score (nSPS) is 11.2. The number of rotatable bonds is 4. The second-order valence-electron chi connectivity index (χ2n) is 4.01. The molecule has 0 saturated heterocycles. The second-order valence-corrected chi connectivity index (χ2v) is 4.01. The summed E-state index contributed by atoms with van der Waals surface area (Å²) in [6.45, 7) is 9.61. The summed E-state index contributed by atoms with van der Waals surface area (Å²) in [5, 5.41) is 0. The fourth-order valence-electron chi connectivity index (χ4n) is 1.13. The van der Waals surface area contributed by atoms with E-state index in [9.17, 15) is 0 Å². The highest BCUT2D eigenvalue weighted by Gasteiger charge is 2.17. The molecule has 0 aromatic heterocycles. The Balaban J connectivity index is 2.77. The molecule has 2 heteroatoms. The zero-order valence-electron chi connectivity index (χ0n) is 9.83. The third kappa shape index (κ3) is 3.40. The molecule has 82 valence electrons. The third-order valence-electron chi connectivity index (χ3n) is 2.20. The maximum absolute atomic E-state index is 5.63. The van der Waals surface area contributed by atoms with Crippen LogP contribution >= 0.6 is 0 Å². The molecule has 0 fully saturated rings. The van der Waals surface area contributed by atoms with E-state index in [-0.39, 0.29) is 0 Å². The van der Waals surface area contributed by atoms with E-state index in [4.69, 9.17) is 9.47 Å². The van der Waals surface area contributed by atoms with Crippen LogP contribution in [-0.2, 0) is 4.74 Å². The monoisotopic (exact) mass is 206 g/mol. The van der Waals surface area contributed by atoms with Gasteiger partial charge in [0.2, 0.25) is 5.79 Å². The molecule has 1 aromatic rings. The van der Waals surface area contributed by atoms with Crippen molar-refractivity contribution in [2.24, 2.45) is 0 Å². The molecular formula is C13H18O2. The molecule has 1 rings (SSSR count). The number of hydrogen-bond donors (Lipinski definition) is 0. The van der Waals surface area contributed by atoms with Gasteiger partial charge in [-0.05, 0) is 24.6 Å². The molecule has 0 aliphatic heterocycles. The van der Waals surface area contributed by atoms with Gasteiger partial charge in [-0.3, -0.25) is 0 Å². The van der Waals surface area contributed by atoms with Crippen molar-refractivity contribution in [3.05, 3.63) is 36.4 Å². The maximum atomic E-state index is 5.63. The molecule has 2 nitrogen and oxygen atoms in total. The van der Waals surface area contributed by atoms with Gasteiger partial charge in [0, 0.05) is 21.0 Å². The number of ether oxygens (including phenoxy) is 2. The molecule has 0 bridgehead atoms. The summed E-state index contributed by atoms with van der Waals surface area (Å²) in [6.07, 6.45) is 0. The van der Waals surface area contributed by atoms with Gasteiger partial charge in [-0.25, -0.2) is 0 Å². The molecular weight excluding hydrogens is 188 g/mol. The van der Waals surface area contributed by atoms with Gasteiger partial charge >= 0.3 is 0 Å². The Hall–Kier alpha value is -1.28. The molecule has 15 heavy (non-hydrogen) atoms. The fourth-order valence-corrected chi connectivity index (χ4v) is 1.13. The Morgan fingerprint density at radius 3 is 2.13 bits per heavy atom. The molecule has 0 atom stereocenters. The summed E-state index contributed by atoms with van der Waals surface area (Å²) in [5.41, 5.74) is 2.17. The van der Waals surface area contributed by atoms with Crippen molar-refractivity contribution in [1.82, 2.24) is 0 Å². The molecule has 0 spiro atoms. The minimum Gasteiger partial charge on any atom is -0.463 e. The first kappa shape index (κ1) is 11.8. The van der Waals surface area contributed by atoms with Crippen LogP contribution in [0.2, 0.25) is 0 Å². The Bertz CT molecular complexity index is 336. The van der Waals surface area contributed by atoms with Crippen LogP contribution in [0, 0.1) is 0 Å². The Morgan fingerprint density at radius 2 is 1.73 bits per heavy atom.